The van der Waals surface area contributed by atoms with Crippen molar-refractivity contribution < 1.29 is 37.0 Å². The van der Waals surface area contributed by atoms with E-state index in [2.05, 4.69) is 14.8 Å². The maximum atomic E-state index is 12.0. The lowest BCUT2D eigenvalue weighted by atomic mass is 10.2. The number of carbonyl (C=O) groups excluding carboxylic acids is 3. The molecule has 0 spiro atoms. The van der Waals surface area contributed by atoms with Crippen molar-refractivity contribution >= 4 is 18.0 Å². The molecule has 0 saturated carbocycles. The molecule has 0 radical (unpaired) electrons. The highest BCUT2D eigenvalue weighted by Crippen LogP contribution is 2.20. The van der Waals surface area contributed by atoms with E-state index in [9.17, 15) is 27.6 Å². The van der Waals surface area contributed by atoms with Crippen molar-refractivity contribution in [2.24, 2.45) is 0 Å². The first-order valence-electron chi connectivity index (χ1n) is 6.09. The minimum absolute atomic E-state index is 0.118. The van der Waals surface area contributed by atoms with E-state index in [1.807, 2.05) is 0 Å². The molecule has 0 aromatic heterocycles. The summed E-state index contributed by atoms with van der Waals surface area (Å²) in [6, 6.07) is -0.949. The average molecular weight is 312 g/mol. The third-order valence-electron chi connectivity index (χ3n) is 2.78. The van der Waals surface area contributed by atoms with Crippen molar-refractivity contribution in [3.63, 3.8) is 0 Å². The van der Waals surface area contributed by atoms with Crippen molar-refractivity contribution in [1.82, 2.24) is 10.2 Å². The molecular formula is C11H15F3N2O5. The van der Waals surface area contributed by atoms with Crippen LogP contribution in [0.25, 0.3) is 0 Å². The summed E-state index contributed by atoms with van der Waals surface area (Å²) < 4.78 is 44.4. The minimum Gasteiger partial charge on any atom is -0.468 e. The second kappa shape index (κ2) is 7.14. The second-order valence-corrected chi connectivity index (χ2v) is 4.32. The number of alkyl halides is 3. The Morgan fingerprint density at radius 2 is 2.00 bits per heavy atom. The maximum Gasteiger partial charge on any atom is 0.422 e. The minimum atomic E-state index is -4.63. The molecule has 0 unspecified atom stereocenters. The molecule has 0 aliphatic carbocycles. The van der Waals surface area contributed by atoms with Crippen LogP contribution in [-0.4, -0.2) is 61.9 Å². The number of ether oxygens (including phenoxy) is 2. The fourth-order valence-electron chi connectivity index (χ4n) is 1.83. The van der Waals surface area contributed by atoms with Crippen LogP contribution in [0.15, 0.2) is 0 Å². The van der Waals surface area contributed by atoms with Crippen molar-refractivity contribution in [3.05, 3.63) is 0 Å². The van der Waals surface area contributed by atoms with Gasteiger partial charge in [-0.3, -0.25) is 14.5 Å². The Labute approximate surface area is 118 Å². The Morgan fingerprint density at radius 3 is 2.57 bits per heavy atom. The van der Waals surface area contributed by atoms with Crippen LogP contribution in [0.5, 0.6) is 0 Å². The molecule has 1 aliphatic rings. The smallest absolute Gasteiger partial charge is 0.422 e. The van der Waals surface area contributed by atoms with Crippen molar-refractivity contribution in [2.75, 3.05) is 26.8 Å². The van der Waals surface area contributed by atoms with Gasteiger partial charge in [0.1, 0.15) is 12.6 Å². The molecular weight excluding hydrogens is 297 g/mol. The number of rotatable bonds is 4. The van der Waals surface area contributed by atoms with E-state index in [0.717, 1.165) is 12.0 Å². The highest BCUT2D eigenvalue weighted by atomic mass is 19.4. The normalized spacial score (nSPS) is 18.3. The Morgan fingerprint density at radius 1 is 1.33 bits per heavy atom. The number of nitrogens with one attached hydrogen (secondary N) is 1. The van der Waals surface area contributed by atoms with Crippen molar-refractivity contribution in [1.29, 1.82) is 0 Å². The average Bonchev–Trinajstić information content (AvgIpc) is 2.90. The van der Waals surface area contributed by atoms with E-state index in [1.54, 1.807) is 0 Å². The van der Waals surface area contributed by atoms with Crippen LogP contribution in [0.3, 0.4) is 0 Å². The monoisotopic (exact) mass is 312 g/mol. The van der Waals surface area contributed by atoms with Gasteiger partial charge < -0.3 is 14.8 Å². The van der Waals surface area contributed by atoms with Gasteiger partial charge in [0, 0.05) is 6.54 Å². The number of methoxy groups -OCH3 is 1. The molecule has 1 N–H and O–H groups in total. The van der Waals surface area contributed by atoms with E-state index >= 15 is 0 Å². The van der Waals surface area contributed by atoms with Crippen LogP contribution in [-0.2, 0) is 19.1 Å². The number of esters is 1. The topological polar surface area (TPSA) is 84.9 Å². The third kappa shape index (κ3) is 5.48. The number of likely N-dealkylation sites (tertiary alicyclic amines) is 1. The number of hydrogen-bond acceptors (Lipinski definition) is 5. The number of halogens is 3. The summed E-state index contributed by atoms with van der Waals surface area (Å²) in [5.41, 5.74) is 0. The van der Waals surface area contributed by atoms with E-state index in [4.69, 9.17) is 0 Å². The Hall–Kier alpha value is -2.00. The molecule has 21 heavy (non-hydrogen) atoms. The summed E-state index contributed by atoms with van der Waals surface area (Å²) in [6.45, 7) is -1.97. The highest BCUT2D eigenvalue weighted by Gasteiger charge is 2.37. The summed E-state index contributed by atoms with van der Waals surface area (Å²) in [7, 11) is 1.14. The highest BCUT2D eigenvalue weighted by molar-refractivity contribution is 5.88. The molecule has 1 rings (SSSR count). The van der Waals surface area contributed by atoms with Crippen LogP contribution in [0, 0.1) is 0 Å². The van der Waals surface area contributed by atoms with Gasteiger partial charge in [0.25, 0.3) is 0 Å². The zero-order valence-electron chi connectivity index (χ0n) is 11.2. The first kappa shape index (κ1) is 17.1. The third-order valence-corrected chi connectivity index (χ3v) is 2.78. The molecule has 1 heterocycles. The van der Waals surface area contributed by atoms with Crippen LogP contribution < -0.4 is 5.32 Å². The van der Waals surface area contributed by atoms with Gasteiger partial charge in [-0.25, -0.2) is 4.79 Å². The summed E-state index contributed by atoms with van der Waals surface area (Å²) >= 11 is 0. The fourth-order valence-corrected chi connectivity index (χ4v) is 1.83. The van der Waals surface area contributed by atoms with Crippen LogP contribution in [0.2, 0.25) is 0 Å². The molecule has 7 nitrogen and oxygen atoms in total. The van der Waals surface area contributed by atoms with Crippen molar-refractivity contribution in [2.45, 2.75) is 25.1 Å². The fraction of sp³-hybridized carbons (Fsp3) is 0.727. The zero-order valence-corrected chi connectivity index (χ0v) is 11.2. The SMILES string of the molecule is COC(=O)CNC(=O)[C@@H]1CCCN1C(=O)OCC(F)(F)F. The Bertz CT molecular complexity index is 413. The van der Waals surface area contributed by atoms with Gasteiger partial charge in [0.05, 0.1) is 7.11 Å². The summed E-state index contributed by atoms with van der Waals surface area (Å²) in [5, 5.41) is 2.25. The number of nitrogens with zero attached hydrogens (tertiary/aromatic N) is 1. The van der Waals surface area contributed by atoms with Crippen LogP contribution in [0.4, 0.5) is 18.0 Å². The lowest BCUT2D eigenvalue weighted by Crippen LogP contribution is -2.47. The van der Waals surface area contributed by atoms with E-state index < -0.39 is 36.8 Å². The zero-order chi connectivity index (χ0) is 16.0. The van der Waals surface area contributed by atoms with Gasteiger partial charge in [-0.05, 0) is 12.8 Å². The molecule has 1 saturated heterocycles. The van der Waals surface area contributed by atoms with Crippen LogP contribution >= 0.6 is 0 Å². The van der Waals surface area contributed by atoms with Gasteiger partial charge in [0.15, 0.2) is 6.61 Å². The molecule has 0 bridgehead atoms. The van der Waals surface area contributed by atoms with Gasteiger partial charge in [-0.1, -0.05) is 0 Å². The Balaban J connectivity index is 2.52. The lowest BCUT2D eigenvalue weighted by Gasteiger charge is -2.23. The second-order valence-electron chi connectivity index (χ2n) is 4.32. The number of carbonyl (C=O) groups is 3. The molecule has 1 aliphatic heterocycles. The lowest BCUT2D eigenvalue weighted by molar-refractivity contribution is -0.162. The summed E-state index contributed by atoms with van der Waals surface area (Å²) in [5.74, 6) is -1.31. The predicted octanol–water partition coefficient (Wildman–Crippen LogP) is 0.439. The molecule has 1 atom stereocenters. The maximum absolute atomic E-state index is 12.0. The first-order chi connectivity index (χ1) is 9.74. The molecule has 0 aromatic rings. The van der Waals surface area contributed by atoms with Gasteiger partial charge in [0.2, 0.25) is 5.91 Å². The number of amides is 2. The van der Waals surface area contributed by atoms with E-state index in [1.165, 1.54) is 0 Å². The molecule has 1 fully saturated rings. The summed E-state index contributed by atoms with van der Waals surface area (Å²) in [6.07, 6.45) is -5.09. The van der Waals surface area contributed by atoms with Gasteiger partial charge in [-0.15, -0.1) is 0 Å². The largest absolute Gasteiger partial charge is 0.468 e. The summed E-state index contributed by atoms with van der Waals surface area (Å²) in [4.78, 5) is 35.1. The van der Waals surface area contributed by atoms with Crippen LogP contribution in [0.1, 0.15) is 12.8 Å². The Kier molecular flexibility index (Phi) is 5.79. The van der Waals surface area contributed by atoms with E-state index in [-0.39, 0.29) is 19.5 Å². The van der Waals surface area contributed by atoms with E-state index in [0.29, 0.717) is 6.42 Å². The van der Waals surface area contributed by atoms with Gasteiger partial charge in [-0.2, -0.15) is 13.2 Å². The van der Waals surface area contributed by atoms with Gasteiger partial charge >= 0.3 is 18.2 Å². The predicted molar refractivity (Wildman–Crippen MR) is 62.2 cm³/mol. The molecule has 0 aromatic carbocycles. The molecule has 120 valence electrons. The molecule has 2 amide bonds. The molecule has 10 heteroatoms. The standard InChI is InChI=1S/C11H15F3N2O5/c1-20-8(17)5-15-9(18)7-3-2-4-16(7)10(19)21-6-11(12,13)14/h7H,2-6H2,1H3,(H,15,18)/t7-/m0/s1. The number of hydrogen-bond donors (Lipinski definition) is 1. The quantitative estimate of drug-likeness (QED) is 0.761. The first-order valence-corrected chi connectivity index (χ1v) is 6.09. The van der Waals surface area contributed by atoms with Crippen molar-refractivity contribution in [3.8, 4) is 0 Å².